The Kier molecular flexibility index (Phi) is 6.97. The van der Waals surface area contributed by atoms with Gasteiger partial charge in [-0.15, -0.1) is 0 Å². The Hall–Kier alpha value is -2.94. The van der Waals surface area contributed by atoms with Crippen LogP contribution in [0.3, 0.4) is 0 Å². The zero-order chi connectivity index (χ0) is 21.8. The van der Waals surface area contributed by atoms with Crippen LogP contribution in [0.5, 0.6) is 0 Å². The molecule has 156 valence electrons. The molecule has 0 aromatic heterocycles. The molecule has 0 bridgehead atoms. The number of carbonyl (C=O) groups excluding carboxylic acids is 1. The van der Waals surface area contributed by atoms with Crippen molar-refractivity contribution in [3.05, 3.63) is 63.7 Å². The average Bonchev–Trinajstić information content (AvgIpc) is 2.66. The second-order valence-electron chi connectivity index (χ2n) is 6.71. The maximum Gasteiger partial charge on any atom is 0.271 e. The van der Waals surface area contributed by atoms with E-state index in [0.29, 0.717) is 17.7 Å². The maximum atomic E-state index is 13.1. The number of rotatable bonds is 8. The van der Waals surface area contributed by atoms with Crippen molar-refractivity contribution >= 4 is 33.0 Å². The number of nitro benzene ring substituents is 1. The van der Waals surface area contributed by atoms with Crippen LogP contribution < -0.4 is 9.62 Å². The number of amides is 1. The number of anilines is 2. The zero-order valence-electron chi connectivity index (χ0n) is 16.9. The molecule has 0 radical (unpaired) electrons. The van der Waals surface area contributed by atoms with Crippen LogP contribution in [0.4, 0.5) is 17.1 Å². The fourth-order valence-electron chi connectivity index (χ4n) is 3.15. The zero-order valence-corrected chi connectivity index (χ0v) is 17.7. The number of hydrogen-bond donors (Lipinski definition) is 1. The topological polar surface area (TPSA) is 110 Å². The minimum atomic E-state index is -3.90. The van der Waals surface area contributed by atoms with Gasteiger partial charge in [-0.1, -0.05) is 38.1 Å². The molecule has 2 aromatic carbocycles. The summed E-state index contributed by atoms with van der Waals surface area (Å²) in [6, 6.07) is 10.2. The van der Waals surface area contributed by atoms with Crippen molar-refractivity contribution in [1.29, 1.82) is 0 Å². The number of nitrogens with one attached hydrogen (secondary N) is 1. The van der Waals surface area contributed by atoms with Gasteiger partial charge in [0.1, 0.15) is 6.04 Å². The number of sulfonamides is 1. The van der Waals surface area contributed by atoms with E-state index in [4.69, 9.17) is 0 Å². The predicted octanol–water partition coefficient (Wildman–Crippen LogP) is 3.65. The van der Waals surface area contributed by atoms with E-state index in [2.05, 4.69) is 5.32 Å². The molecule has 1 atom stereocenters. The summed E-state index contributed by atoms with van der Waals surface area (Å²) >= 11 is 0. The molecule has 2 aromatic rings. The van der Waals surface area contributed by atoms with Crippen molar-refractivity contribution in [3.8, 4) is 0 Å². The summed E-state index contributed by atoms with van der Waals surface area (Å²) < 4.78 is 26.2. The lowest BCUT2D eigenvalue weighted by atomic mass is 10.1. The molecule has 0 aliphatic heterocycles. The molecule has 0 spiro atoms. The van der Waals surface area contributed by atoms with Crippen LogP contribution in [0.2, 0.25) is 0 Å². The summed E-state index contributed by atoms with van der Waals surface area (Å²) in [4.78, 5) is 23.6. The summed E-state index contributed by atoms with van der Waals surface area (Å²) in [6.07, 6.45) is 1.88. The monoisotopic (exact) mass is 419 g/mol. The van der Waals surface area contributed by atoms with E-state index in [9.17, 15) is 23.3 Å². The molecule has 0 aliphatic carbocycles. The van der Waals surface area contributed by atoms with E-state index in [0.717, 1.165) is 16.1 Å². The molecule has 0 unspecified atom stereocenters. The molecule has 0 saturated heterocycles. The molecule has 1 N–H and O–H groups in total. The SMILES string of the molecule is CCc1ccccc1NC(=O)[C@@H](CC)N(c1cc([N+](=O)[O-])ccc1C)S(C)(=O)=O. The van der Waals surface area contributed by atoms with Gasteiger partial charge < -0.3 is 5.32 Å². The van der Waals surface area contributed by atoms with Crippen LogP contribution >= 0.6 is 0 Å². The highest BCUT2D eigenvalue weighted by molar-refractivity contribution is 7.92. The van der Waals surface area contributed by atoms with Crippen LogP contribution in [0.25, 0.3) is 0 Å². The third kappa shape index (κ3) is 5.11. The van der Waals surface area contributed by atoms with Crippen molar-refractivity contribution in [2.45, 2.75) is 39.7 Å². The number of para-hydroxylation sites is 1. The van der Waals surface area contributed by atoms with Gasteiger partial charge in [-0.3, -0.25) is 19.2 Å². The van der Waals surface area contributed by atoms with E-state index < -0.39 is 26.9 Å². The van der Waals surface area contributed by atoms with Gasteiger partial charge in [0.2, 0.25) is 15.9 Å². The quantitative estimate of drug-likeness (QED) is 0.519. The molecule has 0 fully saturated rings. The first-order valence-corrected chi connectivity index (χ1v) is 11.1. The van der Waals surface area contributed by atoms with Crippen LogP contribution in [0, 0.1) is 17.0 Å². The van der Waals surface area contributed by atoms with E-state index >= 15 is 0 Å². The Morgan fingerprint density at radius 1 is 1.21 bits per heavy atom. The third-order valence-electron chi connectivity index (χ3n) is 4.63. The standard InChI is InChI=1S/C20H25N3O5S/c1-5-15-9-7-8-10-17(15)21-20(24)18(6-2)22(29(4,27)28)19-13-16(23(25)26)12-11-14(19)3/h7-13,18H,5-6H2,1-4H3,(H,21,24)/t18-/m1/s1. The van der Waals surface area contributed by atoms with Gasteiger partial charge in [-0.05, 0) is 37.0 Å². The van der Waals surface area contributed by atoms with Crippen LogP contribution in [-0.4, -0.2) is 31.5 Å². The summed E-state index contributed by atoms with van der Waals surface area (Å²) in [7, 11) is -3.90. The van der Waals surface area contributed by atoms with E-state index in [1.165, 1.54) is 18.2 Å². The van der Waals surface area contributed by atoms with Gasteiger partial charge in [-0.2, -0.15) is 0 Å². The third-order valence-corrected chi connectivity index (χ3v) is 5.79. The minimum absolute atomic E-state index is 0.118. The number of benzene rings is 2. The Morgan fingerprint density at radius 2 is 1.86 bits per heavy atom. The smallest absolute Gasteiger partial charge is 0.271 e. The lowest BCUT2D eigenvalue weighted by Gasteiger charge is -2.31. The van der Waals surface area contributed by atoms with Crippen molar-refractivity contribution in [2.75, 3.05) is 15.9 Å². The largest absolute Gasteiger partial charge is 0.324 e. The van der Waals surface area contributed by atoms with Crippen molar-refractivity contribution in [2.24, 2.45) is 0 Å². The minimum Gasteiger partial charge on any atom is -0.324 e. The maximum absolute atomic E-state index is 13.1. The number of aryl methyl sites for hydroxylation is 2. The average molecular weight is 420 g/mol. The Morgan fingerprint density at radius 3 is 2.41 bits per heavy atom. The van der Waals surface area contributed by atoms with Crippen molar-refractivity contribution in [3.63, 3.8) is 0 Å². The van der Waals surface area contributed by atoms with Gasteiger partial charge in [0, 0.05) is 17.8 Å². The Balaban J connectivity index is 2.52. The highest BCUT2D eigenvalue weighted by Gasteiger charge is 2.33. The molecule has 9 heteroatoms. The predicted molar refractivity (Wildman–Crippen MR) is 114 cm³/mol. The first-order chi connectivity index (χ1) is 13.6. The number of carbonyl (C=O) groups is 1. The van der Waals surface area contributed by atoms with Gasteiger partial charge in [0.05, 0.1) is 16.9 Å². The highest BCUT2D eigenvalue weighted by Crippen LogP contribution is 2.30. The Labute approximate surface area is 170 Å². The van der Waals surface area contributed by atoms with Gasteiger partial charge in [0.25, 0.3) is 5.69 Å². The van der Waals surface area contributed by atoms with E-state index in [1.54, 1.807) is 26.0 Å². The molecule has 1 amide bonds. The Bertz CT molecular complexity index is 1020. The normalized spacial score (nSPS) is 12.3. The first-order valence-electron chi connectivity index (χ1n) is 9.23. The summed E-state index contributed by atoms with van der Waals surface area (Å²) in [6.45, 7) is 5.30. The molecule has 2 rings (SSSR count). The number of nitro groups is 1. The molecule has 0 saturated carbocycles. The summed E-state index contributed by atoms with van der Waals surface area (Å²) in [5, 5.41) is 14.0. The summed E-state index contributed by atoms with van der Waals surface area (Å²) in [5.41, 5.74) is 1.93. The summed E-state index contributed by atoms with van der Waals surface area (Å²) in [5.74, 6) is -0.496. The first kappa shape index (κ1) is 22.4. The number of non-ortho nitro benzene ring substituents is 1. The molecule has 8 nitrogen and oxygen atoms in total. The highest BCUT2D eigenvalue weighted by atomic mass is 32.2. The second kappa shape index (κ2) is 9.04. The van der Waals surface area contributed by atoms with Crippen LogP contribution in [-0.2, 0) is 21.2 Å². The van der Waals surface area contributed by atoms with Crippen molar-refractivity contribution < 1.29 is 18.1 Å². The fraction of sp³-hybridized carbons (Fsp3) is 0.350. The molecular formula is C20H25N3O5S. The van der Waals surface area contributed by atoms with E-state index in [-0.39, 0.29) is 17.8 Å². The molecular weight excluding hydrogens is 394 g/mol. The molecule has 0 aliphatic rings. The lowest BCUT2D eigenvalue weighted by Crippen LogP contribution is -2.47. The fourth-order valence-corrected chi connectivity index (χ4v) is 4.41. The van der Waals surface area contributed by atoms with Gasteiger partial charge >= 0.3 is 0 Å². The van der Waals surface area contributed by atoms with Crippen LogP contribution in [0.1, 0.15) is 31.4 Å². The van der Waals surface area contributed by atoms with E-state index in [1.807, 2.05) is 19.1 Å². The molecule has 29 heavy (non-hydrogen) atoms. The molecule has 0 heterocycles. The lowest BCUT2D eigenvalue weighted by molar-refractivity contribution is -0.384. The van der Waals surface area contributed by atoms with Crippen LogP contribution in [0.15, 0.2) is 42.5 Å². The number of hydrogen-bond acceptors (Lipinski definition) is 5. The van der Waals surface area contributed by atoms with Crippen molar-refractivity contribution in [1.82, 2.24) is 0 Å². The number of nitrogens with zero attached hydrogens (tertiary/aromatic N) is 2. The second-order valence-corrected chi connectivity index (χ2v) is 8.57. The van der Waals surface area contributed by atoms with Gasteiger partial charge in [-0.25, -0.2) is 8.42 Å². The van der Waals surface area contributed by atoms with Gasteiger partial charge in [0.15, 0.2) is 0 Å².